The van der Waals surface area contributed by atoms with Crippen LogP contribution in [0.25, 0.3) is 0 Å². The molecule has 0 fully saturated rings. The number of carbonyl (C=O) groups excluding carboxylic acids is 2. The van der Waals surface area contributed by atoms with E-state index in [2.05, 4.69) is 21.1 Å². The minimum Gasteiger partial charge on any atom is -0.361 e. The third-order valence-corrected chi connectivity index (χ3v) is 2.83. The predicted molar refractivity (Wildman–Crippen MR) is 81.5 cm³/mol. The van der Waals surface area contributed by atoms with Crippen LogP contribution in [0.1, 0.15) is 28.7 Å². The Morgan fingerprint density at radius 3 is 2.73 bits per heavy atom. The molecule has 0 bridgehead atoms. The number of aryl methyl sites for hydroxylation is 1. The molecule has 3 N–H and O–H groups in total. The van der Waals surface area contributed by atoms with Crippen molar-refractivity contribution in [3.8, 4) is 0 Å². The van der Waals surface area contributed by atoms with E-state index in [0.717, 1.165) is 0 Å². The van der Waals surface area contributed by atoms with Crippen LogP contribution in [0.15, 0.2) is 34.9 Å². The number of nitrogens with one attached hydrogen (secondary N) is 3. The lowest BCUT2D eigenvalue weighted by Gasteiger charge is -2.08. The van der Waals surface area contributed by atoms with Gasteiger partial charge in [-0.3, -0.25) is 4.79 Å². The summed E-state index contributed by atoms with van der Waals surface area (Å²) in [6.45, 7) is 4.44. The van der Waals surface area contributed by atoms with E-state index in [1.165, 1.54) is 0 Å². The van der Waals surface area contributed by atoms with Crippen molar-refractivity contribution < 1.29 is 14.1 Å². The molecular weight excluding hydrogens is 284 g/mol. The van der Waals surface area contributed by atoms with Gasteiger partial charge in [0.05, 0.1) is 6.54 Å². The number of amides is 3. The Labute approximate surface area is 128 Å². The average molecular weight is 302 g/mol. The smallest absolute Gasteiger partial charge is 0.319 e. The molecule has 0 aliphatic rings. The van der Waals surface area contributed by atoms with E-state index in [0.29, 0.717) is 29.2 Å². The van der Waals surface area contributed by atoms with Crippen molar-refractivity contribution >= 4 is 17.6 Å². The number of carbonyl (C=O) groups is 2. The Hall–Kier alpha value is -2.83. The quantitative estimate of drug-likeness (QED) is 0.787. The summed E-state index contributed by atoms with van der Waals surface area (Å²) in [5, 5.41) is 11.8. The van der Waals surface area contributed by atoms with Gasteiger partial charge in [-0.15, -0.1) is 0 Å². The predicted octanol–water partition coefficient (Wildman–Crippen LogP) is 2.05. The highest BCUT2D eigenvalue weighted by molar-refractivity contribution is 5.96. The highest BCUT2D eigenvalue weighted by Crippen LogP contribution is 2.10. The number of benzene rings is 1. The van der Waals surface area contributed by atoms with Crippen molar-refractivity contribution in [2.45, 2.75) is 20.4 Å². The monoisotopic (exact) mass is 302 g/mol. The Kier molecular flexibility index (Phi) is 5.13. The van der Waals surface area contributed by atoms with E-state index < -0.39 is 0 Å². The van der Waals surface area contributed by atoms with Crippen LogP contribution < -0.4 is 16.0 Å². The number of aromatic nitrogens is 1. The largest absolute Gasteiger partial charge is 0.361 e. The fraction of sp³-hybridized carbons (Fsp3) is 0.267. The van der Waals surface area contributed by atoms with Crippen LogP contribution >= 0.6 is 0 Å². The second kappa shape index (κ2) is 7.26. The molecular formula is C15H18N4O3. The molecule has 0 aliphatic carbocycles. The van der Waals surface area contributed by atoms with E-state index in [4.69, 9.17) is 4.52 Å². The first-order valence-electron chi connectivity index (χ1n) is 6.94. The van der Waals surface area contributed by atoms with E-state index in [1.54, 1.807) is 37.3 Å². The van der Waals surface area contributed by atoms with Gasteiger partial charge in [0.2, 0.25) is 0 Å². The second-order valence-corrected chi connectivity index (χ2v) is 4.68. The number of nitrogens with zero attached hydrogens (tertiary/aromatic N) is 1. The molecule has 22 heavy (non-hydrogen) atoms. The molecule has 116 valence electrons. The fourth-order valence-electron chi connectivity index (χ4n) is 1.85. The van der Waals surface area contributed by atoms with Crippen molar-refractivity contribution in [1.29, 1.82) is 0 Å². The standard InChI is InChI=1S/C15H18N4O3/c1-3-16-14(20)11-5-4-6-12(8-11)18-15(21)17-9-13-7-10(2)22-19-13/h4-8H,3,9H2,1-2H3,(H,16,20)(H2,17,18,21). The zero-order chi connectivity index (χ0) is 15.9. The summed E-state index contributed by atoms with van der Waals surface area (Å²) >= 11 is 0. The molecule has 7 heteroatoms. The summed E-state index contributed by atoms with van der Waals surface area (Å²) in [7, 11) is 0. The average Bonchev–Trinajstić information content (AvgIpc) is 2.91. The minimum absolute atomic E-state index is 0.176. The van der Waals surface area contributed by atoms with E-state index in [1.807, 2.05) is 6.92 Å². The van der Waals surface area contributed by atoms with Crippen LogP contribution in [-0.4, -0.2) is 23.6 Å². The molecule has 1 aromatic heterocycles. The highest BCUT2D eigenvalue weighted by atomic mass is 16.5. The van der Waals surface area contributed by atoms with Crippen LogP contribution in [0, 0.1) is 6.92 Å². The Balaban J connectivity index is 1.91. The lowest BCUT2D eigenvalue weighted by Crippen LogP contribution is -2.28. The summed E-state index contributed by atoms with van der Waals surface area (Å²) in [5.74, 6) is 0.511. The molecule has 0 spiro atoms. The summed E-state index contributed by atoms with van der Waals surface area (Å²) in [6.07, 6.45) is 0. The maximum absolute atomic E-state index is 11.8. The van der Waals surface area contributed by atoms with E-state index >= 15 is 0 Å². The van der Waals surface area contributed by atoms with Crippen molar-refractivity contribution in [1.82, 2.24) is 15.8 Å². The summed E-state index contributed by atoms with van der Waals surface area (Å²) in [4.78, 5) is 23.6. The number of anilines is 1. The fourth-order valence-corrected chi connectivity index (χ4v) is 1.85. The van der Waals surface area contributed by atoms with Gasteiger partial charge in [-0.25, -0.2) is 4.79 Å². The van der Waals surface area contributed by atoms with E-state index in [-0.39, 0.29) is 18.5 Å². The van der Waals surface area contributed by atoms with Crippen LogP contribution in [-0.2, 0) is 6.54 Å². The van der Waals surface area contributed by atoms with Crippen LogP contribution in [0.5, 0.6) is 0 Å². The maximum Gasteiger partial charge on any atom is 0.319 e. The van der Waals surface area contributed by atoms with Gasteiger partial charge in [-0.2, -0.15) is 0 Å². The van der Waals surface area contributed by atoms with Gasteiger partial charge < -0.3 is 20.5 Å². The van der Waals surface area contributed by atoms with Crippen molar-refractivity contribution in [3.05, 3.63) is 47.3 Å². The third kappa shape index (κ3) is 4.34. The zero-order valence-electron chi connectivity index (χ0n) is 12.5. The molecule has 0 radical (unpaired) electrons. The first-order valence-corrected chi connectivity index (χ1v) is 6.94. The van der Waals surface area contributed by atoms with Crippen LogP contribution in [0.4, 0.5) is 10.5 Å². The lowest BCUT2D eigenvalue weighted by atomic mass is 10.2. The molecule has 2 aromatic rings. The van der Waals surface area contributed by atoms with E-state index in [9.17, 15) is 9.59 Å². The molecule has 0 saturated heterocycles. The van der Waals surface area contributed by atoms with Crippen molar-refractivity contribution in [2.75, 3.05) is 11.9 Å². The molecule has 1 heterocycles. The number of hydrogen-bond donors (Lipinski definition) is 3. The Morgan fingerprint density at radius 2 is 2.05 bits per heavy atom. The van der Waals surface area contributed by atoms with Crippen molar-refractivity contribution in [2.24, 2.45) is 0 Å². The zero-order valence-corrected chi connectivity index (χ0v) is 12.5. The van der Waals surface area contributed by atoms with Gasteiger partial charge in [0, 0.05) is 23.9 Å². The van der Waals surface area contributed by atoms with Gasteiger partial charge in [0.25, 0.3) is 5.91 Å². The Bertz CT molecular complexity index is 666. The normalized spacial score (nSPS) is 10.1. The summed E-state index contributed by atoms with van der Waals surface area (Å²) < 4.78 is 4.91. The SMILES string of the molecule is CCNC(=O)c1cccc(NC(=O)NCc2cc(C)on2)c1. The molecule has 0 unspecified atom stereocenters. The first-order chi connectivity index (χ1) is 10.6. The molecule has 0 atom stereocenters. The van der Waals surface area contributed by atoms with Crippen LogP contribution in [0.2, 0.25) is 0 Å². The Morgan fingerprint density at radius 1 is 1.23 bits per heavy atom. The summed E-state index contributed by atoms with van der Waals surface area (Å²) in [6, 6.07) is 8.09. The number of urea groups is 1. The minimum atomic E-state index is -0.381. The molecule has 3 amide bonds. The highest BCUT2D eigenvalue weighted by Gasteiger charge is 2.07. The first kappa shape index (κ1) is 15.6. The van der Waals surface area contributed by atoms with Crippen LogP contribution in [0.3, 0.4) is 0 Å². The molecule has 0 aliphatic heterocycles. The summed E-state index contributed by atoms with van der Waals surface area (Å²) in [5.41, 5.74) is 1.67. The molecule has 7 nitrogen and oxygen atoms in total. The third-order valence-electron chi connectivity index (χ3n) is 2.83. The second-order valence-electron chi connectivity index (χ2n) is 4.68. The van der Waals surface area contributed by atoms with Gasteiger partial charge in [-0.1, -0.05) is 11.2 Å². The molecule has 2 rings (SSSR count). The lowest BCUT2D eigenvalue weighted by molar-refractivity contribution is 0.0956. The molecule has 0 saturated carbocycles. The molecule has 1 aromatic carbocycles. The van der Waals surface area contributed by atoms with Gasteiger partial charge in [0.15, 0.2) is 0 Å². The maximum atomic E-state index is 11.8. The van der Waals surface area contributed by atoms with Gasteiger partial charge in [-0.05, 0) is 32.0 Å². The van der Waals surface area contributed by atoms with Crippen molar-refractivity contribution in [3.63, 3.8) is 0 Å². The number of rotatable bonds is 5. The topological polar surface area (TPSA) is 96.3 Å². The number of hydrogen-bond acceptors (Lipinski definition) is 4. The van der Waals surface area contributed by atoms with Gasteiger partial charge >= 0.3 is 6.03 Å². The van der Waals surface area contributed by atoms with Gasteiger partial charge in [0.1, 0.15) is 11.5 Å².